The third-order valence-corrected chi connectivity index (χ3v) is 7.93. The Morgan fingerprint density at radius 2 is 1.78 bits per heavy atom. The van der Waals surface area contributed by atoms with E-state index in [1.165, 1.54) is 24.0 Å². The van der Waals surface area contributed by atoms with Crippen LogP contribution in [-0.4, -0.2) is 50.2 Å². The van der Waals surface area contributed by atoms with Crippen molar-refractivity contribution in [1.82, 2.24) is 19.9 Å². The zero-order valence-electron chi connectivity index (χ0n) is 18.3. The molecule has 6 nitrogen and oxygen atoms in total. The highest BCUT2D eigenvalue weighted by molar-refractivity contribution is 9.10. The van der Waals surface area contributed by atoms with Gasteiger partial charge in [0.15, 0.2) is 0 Å². The summed E-state index contributed by atoms with van der Waals surface area (Å²) in [4.78, 5) is 17.1. The van der Waals surface area contributed by atoms with E-state index in [9.17, 15) is 5.11 Å². The van der Waals surface area contributed by atoms with Gasteiger partial charge in [0.2, 0.25) is 5.95 Å². The number of aliphatic hydroxyl groups is 1. The minimum absolute atomic E-state index is 0.158. The van der Waals surface area contributed by atoms with E-state index in [1.807, 2.05) is 6.07 Å². The predicted octanol–water partition coefficient (Wildman–Crippen LogP) is 5.14. The normalized spacial score (nSPS) is 22.3. The van der Waals surface area contributed by atoms with Gasteiger partial charge in [0.05, 0.1) is 32.7 Å². The number of rotatable bonds is 6. The fourth-order valence-electron chi connectivity index (χ4n) is 4.72. The molecule has 2 N–H and O–H groups in total. The molecule has 1 saturated carbocycles. The van der Waals surface area contributed by atoms with Crippen molar-refractivity contribution in [2.75, 3.05) is 18.4 Å². The van der Waals surface area contributed by atoms with Gasteiger partial charge in [-0.15, -0.1) is 11.3 Å². The van der Waals surface area contributed by atoms with E-state index in [0.29, 0.717) is 12.5 Å². The highest BCUT2D eigenvalue weighted by Gasteiger charge is 2.21. The Kier molecular flexibility index (Phi) is 7.02. The van der Waals surface area contributed by atoms with Gasteiger partial charge in [0.1, 0.15) is 0 Å². The molecule has 170 valence electrons. The Balaban J connectivity index is 1.38. The Bertz CT molecular complexity index is 1060. The lowest BCUT2D eigenvalue weighted by Crippen LogP contribution is -2.31. The molecule has 1 aromatic carbocycles. The SMILES string of the molecule is OC1CCC(Nc2nc(Cc3nc4ccc(Br)cc4s3)cc(CN3CCCCC3)n2)CC1. The summed E-state index contributed by atoms with van der Waals surface area (Å²) in [5.41, 5.74) is 3.14. The molecule has 0 amide bonds. The standard InChI is InChI=1S/C24H30BrN5OS/c25-16-4-9-21-22(12-16)32-23(29-21)14-18-13-19(15-30-10-2-1-3-11-30)28-24(27-18)26-17-5-7-20(31)8-6-17/h4,9,12-13,17,20,31H,1-3,5-8,10-11,14-15H2,(H,26,27,28). The average molecular weight is 517 g/mol. The van der Waals surface area contributed by atoms with E-state index in [-0.39, 0.29) is 6.10 Å². The second kappa shape index (κ2) is 10.1. The minimum atomic E-state index is -0.158. The molecule has 32 heavy (non-hydrogen) atoms. The Morgan fingerprint density at radius 1 is 1.00 bits per heavy atom. The molecule has 1 aliphatic heterocycles. The van der Waals surface area contributed by atoms with Crippen molar-refractivity contribution in [2.45, 2.75) is 70.1 Å². The lowest BCUT2D eigenvalue weighted by atomic mass is 9.93. The van der Waals surface area contributed by atoms with Gasteiger partial charge in [-0.05, 0) is 75.9 Å². The molecule has 2 aliphatic rings. The molecule has 5 rings (SSSR count). The van der Waals surface area contributed by atoms with Crippen molar-refractivity contribution in [3.8, 4) is 0 Å². The van der Waals surface area contributed by atoms with Crippen LogP contribution in [0.1, 0.15) is 61.3 Å². The number of fused-ring (bicyclic) bond motifs is 1. The first-order chi connectivity index (χ1) is 15.6. The highest BCUT2D eigenvalue weighted by atomic mass is 79.9. The van der Waals surface area contributed by atoms with Gasteiger partial charge in [-0.3, -0.25) is 4.90 Å². The number of aromatic nitrogens is 3. The van der Waals surface area contributed by atoms with E-state index in [4.69, 9.17) is 15.0 Å². The summed E-state index contributed by atoms with van der Waals surface area (Å²) in [5, 5.41) is 14.5. The Morgan fingerprint density at radius 3 is 2.59 bits per heavy atom. The van der Waals surface area contributed by atoms with Crippen LogP contribution in [0.3, 0.4) is 0 Å². The van der Waals surface area contributed by atoms with E-state index < -0.39 is 0 Å². The van der Waals surface area contributed by atoms with Gasteiger partial charge < -0.3 is 10.4 Å². The van der Waals surface area contributed by atoms with Gasteiger partial charge in [-0.2, -0.15) is 0 Å². The van der Waals surface area contributed by atoms with Crippen molar-refractivity contribution in [3.63, 3.8) is 0 Å². The largest absolute Gasteiger partial charge is 0.393 e. The molecule has 1 saturated heterocycles. The first kappa shape index (κ1) is 22.2. The predicted molar refractivity (Wildman–Crippen MR) is 133 cm³/mol. The Labute approximate surface area is 201 Å². The smallest absolute Gasteiger partial charge is 0.223 e. The van der Waals surface area contributed by atoms with Gasteiger partial charge in [0, 0.05) is 23.5 Å². The van der Waals surface area contributed by atoms with Crippen LogP contribution in [0.25, 0.3) is 10.2 Å². The van der Waals surface area contributed by atoms with Gasteiger partial charge in [-0.25, -0.2) is 15.0 Å². The summed E-state index contributed by atoms with van der Waals surface area (Å²) in [6, 6.07) is 8.72. The average Bonchev–Trinajstić information content (AvgIpc) is 3.17. The highest BCUT2D eigenvalue weighted by Crippen LogP contribution is 2.27. The van der Waals surface area contributed by atoms with Crippen LogP contribution in [0.2, 0.25) is 0 Å². The monoisotopic (exact) mass is 515 g/mol. The minimum Gasteiger partial charge on any atom is -0.393 e. The van der Waals surface area contributed by atoms with Gasteiger partial charge >= 0.3 is 0 Å². The van der Waals surface area contributed by atoms with Crippen LogP contribution in [0, 0.1) is 0 Å². The molecule has 0 atom stereocenters. The summed E-state index contributed by atoms with van der Waals surface area (Å²) in [6.07, 6.45) is 8.05. The number of halogens is 1. The van der Waals surface area contributed by atoms with E-state index in [1.54, 1.807) is 11.3 Å². The molecule has 0 bridgehead atoms. The van der Waals surface area contributed by atoms with E-state index in [2.05, 4.69) is 44.3 Å². The molecule has 0 radical (unpaired) electrons. The molecule has 3 aromatic rings. The molecule has 0 spiro atoms. The lowest BCUT2D eigenvalue weighted by Gasteiger charge is -2.27. The number of nitrogens with zero attached hydrogens (tertiary/aromatic N) is 4. The second-order valence-corrected chi connectivity index (χ2v) is 11.1. The van der Waals surface area contributed by atoms with Crippen LogP contribution < -0.4 is 5.32 Å². The molecular formula is C24H30BrN5OS. The molecule has 8 heteroatoms. The Hall–Kier alpha value is -1.61. The fourth-order valence-corrected chi connectivity index (χ4v) is 6.25. The van der Waals surface area contributed by atoms with Crippen LogP contribution in [-0.2, 0) is 13.0 Å². The number of thiazole rings is 1. The third kappa shape index (κ3) is 5.65. The molecule has 2 fully saturated rings. The van der Waals surface area contributed by atoms with Gasteiger partial charge in [0.25, 0.3) is 0 Å². The van der Waals surface area contributed by atoms with E-state index >= 15 is 0 Å². The molecule has 1 aliphatic carbocycles. The second-order valence-electron chi connectivity index (χ2n) is 9.06. The number of hydrogen-bond acceptors (Lipinski definition) is 7. The molecule has 3 heterocycles. The summed E-state index contributed by atoms with van der Waals surface area (Å²) in [6.45, 7) is 3.17. The number of benzene rings is 1. The topological polar surface area (TPSA) is 74.2 Å². The van der Waals surface area contributed by atoms with Crippen LogP contribution in [0.15, 0.2) is 28.7 Å². The number of piperidine rings is 1. The summed E-state index contributed by atoms with van der Waals surface area (Å²) in [5.74, 6) is 0.722. The quantitative estimate of drug-likeness (QED) is 0.473. The lowest BCUT2D eigenvalue weighted by molar-refractivity contribution is 0.126. The zero-order chi connectivity index (χ0) is 21.9. The number of nitrogens with one attached hydrogen (secondary N) is 1. The van der Waals surface area contributed by atoms with Gasteiger partial charge in [-0.1, -0.05) is 22.4 Å². The zero-order valence-corrected chi connectivity index (χ0v) is 20.7. The van der Waals surface area contributed by atoms with Crippen LogP contribution >= 0.6 is 27.3 Å². The first-order valence-corrected chi connectivity index (χ1v) is 13.3. The third-order valence-electron chi connectivity index (χ3n) is 6.42. The molecule has 0 unspecified atom stereocenters. The van der Waals surface area contributed by atoms with Crippen molar-refractivity contribution in [2.24, 2.45) is 0 Å². The van der Waals surface area contributed by atoms with Crippen molar-refractivity contribution >= 4 is 43.4 Å². The van der Waals surface area contributed by atoms with Crippen molar-refractivity contribution < 1.29 is 5.11 Å². The van der Waals surface area contributed by atoms with Crippen LogP contribution in [0.4, 0.5) is 5.95 Å². The fraction of sp³-hybridized carbons (Fsp3) is 0.542. The summed E-state index contributed by atoms with van der Waals surface area (Å²) >= 11 is 5.28. The first-order valence-electron chi connectivity index (χ1n) is 11.7. The van der Waals surface area contributed by atoms with Crippen LogP contribution in [0.5, 0.6) is 0 Å². The number of anilines is 1. The number of likely N-dealkylation sites (tertiary alicyclic amines) is 1. The maximum atomic E-state index is 9.83. The van der Waals surface area contributed by atoms with E-state index in [0.717, 1.165) is 77.7 Å². The molecule has 2 aromatic heterocycles. The number of hydrogen-bond donors (Lipinski definition) is 2. The van der Waals surface area contributed by atoms with Crippen molar-refractivity contribution in [3.05, 3.63) is 45.1 Å². The maximum Gasteiger partial charge on any atom is 0.223 e. The number of aliphatic hydroxyl groups excluding tert-OH is 1. The summed E-state index contributed by atoms with van der Waals surface area (Å²) in [7, 11) is 0. The van der Waals surface area contributed by atoms with Crippen molar-refractivity contribution in [1.29, 1.82) is 0 Å². The molecular weight excluding hydrogens is 486 g/mol. The maximum absolute atomic E-state index is 9.83. The summed E-state index contributed by atoms with van der Waals surface area (Å²) < 4.78 is 2.27.